The van der Waals surface area contributed by atoms with Gasteiger partial charge in [0.2, 0.25) is 5.91 Å². The Bertz CT molecular complexity index is 1180. The van der Waals surface area contributed by atoms with Crippen LogP contribution in [0.5, 0.6) is 0 Å². The van der Waals surface area contributed by atoms with Gasteiger partial charge in [-0.1, -0.05) is 82.6 Å². The summed E-state index contributed by atoms with van der Waals surface area (Å²) in [5, 5.41) is 0. The zero-order chi connectivity index (χ0) is 26.3. The zero-order valence-corrected chi connectivity index (χ0v) is 21.9. The lowest BCUT2D eigenvalue weighted by Gasteiger charge is -2.27. The molecule has 3 rings (SSSR count). The van der Waals surface area contributed by atoms with E-state index in [-0.39, 0.29) is 16.9 Å². The molecular formula is C31H36FNO3. The molecule has 0 fully saturated rings. The highest BCUT2D eigenvalue weighted by Gasteiger charge is 2.24. The molecule has 5 heteroatoms. The third-order valence-corrected chi connectivity index (χ3v) is 6.05. The van der Waals surface area contributed by atoms with E-state index in [4.69, 9.17) is 4.74 Å². The Morgan fingerprint density at radius 3 is 2.00 bits per heavy atom. The topological polar surface area (TPSA) is 46.6 Å². The molecule has 3 aromatic carbocycles. The van der Waals surface area contributed by atoms with Gasteiger partial charge in [-0.15, -0.1) is 0 Å². The molecule has 1 amide bonds. The number of anilines is 1. The minimum absolute atomic E-state index is 0.100. The van der Waals surface area contributed by atoms with Gasteiger partial charge in [0.15, 0.2) is 0 Å². The predicted molar refractivity (Wildman–Crippen MR) is 143 cm³/mol. The Kier molecular flexibility index (Phi) is 9.03. The van der Waals surface area contributed by atoms with Crippen molar-refractivity contribution in [3.8, 4) is 11.1 Å². The van der Waals surface area contributed by atoms with Crippen LogP contribution in [-0.4, -0.2) is 19.0 Å². The summed E-state index contributed by atoms with van der Waals surface area (Å²) in [4.78, 5) is 27.0. The van der Waals surface area contributed by atoms with Crippen LogP contribution in [0, 0.1) is 11.2 Å². The Morgan fingerprint density at radius 1 is 0.889 bits per heavy atom. The molecule has 0 atom stereocenters. The standard InChI is InChI=1S/C31H36FNO3/c1-6-7-8-22-9-13-24(14-10-22)25-15-11-23(12-16-25)21-33(29(34)20-31(2,3)4)26-17-18-28(32)27(19-26)30(35)36-5/h9-19H,6-8,20-21H2,1-5H3. The maximum atomic E-state index is 14.3. The van der Waals surface area contributed by atoms with Crippen molar-refractivity contribution in [2.24, 2.45) is 5.41 Å². The normalized spacial score (nSPS) is 11.3. The van der Waals surface area contributed by atoms with Crippen LogP contribution in [-0.2, 0) is 22.5 Å². The first kappa shape index (κ1) is 27.1. The van der Waals surface area contributed by atoms with Crippen molar-refractivity contribution in [3.05, 3.63) is 89.2 Å². The molecule has 0 bridgehead atoms. The number of nitrogens with zero attached hydrogens (tertiary/aromatic N) is 1. The third-order valence-electron chi connectivity index (χ3n) is 6.05. The number of carbonyl (C=O) groups is 2. The molecule has 0 aliphatic rings. The van der Waals surface area contributed by atoms with Crippen molar-refractivity contribution < 1.29 is 18.7 Å². The van der Waals surface area contributed by atoms with Crippen molar-refractivity contribution in [1.29, 1.82) is 0 Å². The first-order chi connectivity index (χ1) is 17.1. The Labute approximate surface area is 214 Å². The molecular weight excluding hydrogens is 453 g/mol. The van der Waals surface area contributed by atoms with Gasteiger partial charge in [-0.25, -0.2) is 9.18 Å². The highest BCUT2D eigenvalue weighted by Crippen LogP contribution is 2.28. The molecule has 36 heavy (non-hydrogen) atoms. The molecule has 0 saturated carbocycles. The van der Waals surface area contributed by atoms with Crippen LogP contribution >= 0.6 is 0 Å². The Morgan fingerprint density at radius 2 is 1.47 bits per heavy atom. The number of amides is 1. The minimum atomic E-state index is -0.775. The van der Waals surface area contributed by atoms with Crippen molar-refractivity contribution in [3.63, 3.8) is 0 Å². The number of methoxy groups -OCH3 is 1. The number of halogens is 1. The molecule has 190 valence electrons. The zero-order valence-electron chi connectivity index (χ0n) is 21.9. The summed E-state index contributed by atoms with van der Waals surface area (Å²) in [6.45, 7) is 8.49. The summed E-state index contributed by atoms with van der Waals surface area (Å²) in [6, 6.07) is 20.9. The lowest BCUT2D eigenvalue weighted by atomic mass is 9.91. The predicted octanol–water partition coefficient (Wildman–Crippen LogP) is 7.59. The van der Waals surface area contributed by atoms with Gasteiger partial charge in [-0.3, -0.25) is 4.79 Å². The van der Waals surface area contributed by atoms with E-state index in [0.717, 1.165) is 23.1 Å². The van der Waals surface area contributed by atoms with E-state index < -0.39 is 11.8 Å². The molecule has 0 N–H and O–H groups in total. The lowest BCUT2D eigenvalue weighted by molar-refractivity contribution is -0.120. The monoisotopic (exact) mass is 489 g/mol. The molecule has 0 aliphatic carbocycles. The highest BCUT2D eigenvalue weighted by atomic mass is 19.1. The van der Waals surface area contributed by atoms with Crippen LogP contribution in [0.1, 0.15) is 68.4 Å². The lowest BCUT2D eigenvalue weighted by Crippen LogP contribution is -2.33. The molecule has 3 aromatic rings. The molecule has 0 aromatic heterocycles. The fourth-order valence-corrected chi connectivity index (χ4v) is 4.05. The number of esters is 1. The summed E-state index contributed by atoms with van der Waals surface area (Å²) in [6.07, 6.45) is 3.77. The molecule has 0 unspecified atom stereocenters. The van der Waals surface area contributed by atoms with Gasteiger partial charge in [0, 0.05) is 12.1 Å². The van der Waals surface area contributed by atoms with Gasteiger partial charge in [0.25, 0.3) is 0 Å². The van der Waals surface area contributed by atoms with Crippen LogP contribution < -0.4 is 4.90 Å². The molecule has 0 spiro atoms. The van der Waals surface area contributed by atoms with Crippen molar-refractivity contribution in [1.82, 2.24) is 0 Å². The van der Waals surface area contributed by atoms with Crippen LogP contribution in [0.4, 0.5) is 10.1 Å². The van der Waals surface area contributed by atoms with Gasteiger partial charge in [-0.2, -0.15) is 0 Å². The SMILES string of the molecule is CCCCc1ccc(-c2ccc(CN(C(=O)CC(C)(C)C)c3ccc(F)c(C(=O)OC)c3)cc2)cc1. The van der Waals surface area contributed by atoms with Crippen LogP contribution in [0.3, 0.4) is 0 Å². The van der Waals surface area contributed by atoms with Gasteiger partial charge in [0.05, 0.1) is 19.2 Å². The average molecular weight is 490 g/mol. The Hall–Kier alpha value is -3.47. The summed E-state index contributed by atoms with van der Waals surface area (Å²) in [5.74, 6) is -1.56. The van der Waals surface area contributed by atoms with Crippen molar-refractivity contribution in [2.75, 3.05) is 12.0 Å². The first-order valence-corrected chi connectivity index (χ1v) is 12.5. The smallest absolute Gasteiger partial charge is 0.340 e. The van der Waals surface area contributed by atoms with E-state index in [0.29, 0.717) is 18.7 Å². The number of hydrogen-bond acceptors (Lipinski definition) is 3. The number of unbranched alkanes of at least 4 members (excludes halogenated alkanes) is 1. The quantitative estimate of drug-likeness (QED) is 0.291. The van der Waals surface area contributed by atoms with E-state index in [9.17, 15) is 14.0 Å². The summed E-state index contributed by atoms with van der Waals surface area (Å²) >= 11 is 0. The molecule has 4 nitrogen and oxygen atoms in total. The van der Waals surface area contributed by atoms with Gasteiger partial charge in [0.1, 0.15) is 5.82 Å². The van der Waals surface area contributed by atoms with E-state index in [1.165, 1.54) is 43.7 Å². The van der Waals surface area contributed by atoms with E-state index >= 15 is 0 Å². The number of aryl methyl sites for hydroxylation is 1. The number of benzene rings is 3. The average Bonchev–Trinajstić information content (AvgIpc) is 2.85. The first-order valence-electron chi connectivity index (χ1n) is 12.5. The number of ether oxygens (including phenoxy) is 1. The van der Waals surface area contributed by atoms with Crippen LogP contribution in [0.15, 0.2) is 66.7 Å². The van der Waals surface area contributed by atoms with Crippen molar-refractivity contribution >= 4 is 17.6 Å². The van der Waals surface area contributed by atoms with Gasteiger partial charge >= 0.3 is 5.97 Å². The minimum Gasteiger partial charge on any atom is -0.465 e. The maximum Gasteiger partial charge on any atom is 0.340 e. The second-order valence-electron chi connectivity index (χ2n) is 10.4. The highest BCUT2D eigenvalue weighted by molar-refractivity contribution is 5.96. The second-order valence-corrected chi connectivity index (χ2v) is 10.4. The molecule has 0 heterocycles. The Balaban J connectivity index is 1.86. The van der Waals surface area contributed by atoms with Crippen LogP contribution in [0.25, 0.3) is 11.1 Å². The number of hydrogen-bond donors (Lipinski definition) is 0. The largest absolute Gasteiger partial charge is 0.465 e. The number of carbonyl (C=O) groups excluding carboxylic acids is 2. The summed E-state index contributed by atoms with van der Waals surface area (Å²) in [7, 11) is 1.21. The van der Waals surface area contributed by atoms with E-state index in [2.05, 4.69) is 31.2 Å². The fraction of sp³-hybridized carbons (Fsp3) is 0.355. The van der Waals surface area contributed by atoms with E-state index in [1.807, 2.05) is 45.0 Å². The molecule has 0 radical (unpaired) electrons. The van der Waals surface area contributed by atoms with Gasteiger partial charge < -0.3 is 9.64 Å². The third kappa shape index (κ3) is 7.27. The van der Waals surface area contributed by atoms with E-state index in [1.54, 1.807) is 4.90 Å². The fourth-order valence-electron chi connectivity index (χ4n) is 4.05. The molecule has 0 saturated heterocycles. The second kappa shape index (κ2) is 12.0. The molecule has 0 aliphatic heterocycles. The van der Waals surface area contributed by atoms with Gasteiger partial charge in [-0.05, 0) is 58.7 Å². The summed E-state index contributed by atoms with van der Waals surface area (Å²) in [5.41, 5.74) is 4.56. The van der Waals surface area contributed by atoms with Crippen LogP contribution in [0.2, 0.25) is 0 Å². The maximum absolute atomic E-state index is 14.3. The number of rotatable bonds is 9. The van der Waals surface area contributed by atoms with Crippen molar-refractivity contribution in [2.45, 2.75) is 59.9 Å². The summed E-state index contributed by atoms with van der Waals surface area (Å²) < 4.78 is 19.0.